The molecule has 0 aliphatic heterocycles. The standard InChI is InChI=1S/C23H23N3O6S/c1-3-26(4-2)20-22-19(14-8-5-6-9-15(14)23(20)33(29,30)31)25-17-11-7-10-16(21(17)32-22)24-13-12-18(27)28/h5-11H,3-4,12-13H2,1-2H3,(H2-,24,25,27,28,29,30,31)/p+1. The highest BCUT2D eigenvalue weighted by Gasteiger charge is 2.34. The van der Waals surface area contributed by atoms with Crippen molar-refractivity contribution in [3.8, 4) is 0 Å². The summed E-state index contributed by atoms with van der Waals surface area (Å²) in [5.74, 6) is -0.934. The number of fused-ring (bicyclic) bond motifs is 4. The Morgan fingerprint density at radius 1 is 1.06 bits per heavy atom. The number of carboxylic acids is 1. The van der Waals surface area contributed by atoms with Gasteiger partial charge in [0.25, 0.3) is 10.1 Å². The molecule has 4 rings (SSSR count). The maximum atomic E-state index is 12.6. The summed E-state index contributed by atoms with van der Waals surface area (Å²) in [6.45, 7) is 4.88. The van der Waals surface area contributed by atoms with Gasteiger partial charge in [0.2, 0.25) is 0 Å². The second-order valence-corrected chi connectivity index (χ2v) is 8.84. The molecule has 0 amide bonds. The van der Waals surface area contributed by atoms with E-state index < -0.39 is 16.1 Å². The topological polar surface area (TPSA) is 131 Å². The van der Waals surface area contributed by atoms with E-state index in [2.05, 4.69) is 5.32 Å². The molecule has 1 aromatic heterocycles. The summed E-state index contributed by atoms with van der Waals surface area (Å²) < 4.78 is 41.7. The van der Waals surface area contributed by atoms with Gasteiger partial charge in [-0.3, -0.25) is 9.35 Å². The van der Waals surface area contributed by atoms with E-state index in [1.165, 1.54) is 0 Å². The van der Waals surface area contributed by atoms with Gasteiger partial charge in [-0.25, -0.2) is 4.98 Å². The second-order valence-electron chi connectivity index (χ2n) is 7.49. The monoisotopic (exact) mass is 470 g/mol. The summed E-state index contributed by atoms with van der Waals surface area (Å²) in [5.41, 5.74) is 2.36. The Labute approximate surface area is 190 Å². The SMILES string of the molecule is CCN(CC)c1c(S(=O)(=O)O)c2ccccc2c2nc3cccc(NCCC(=O)O)c3[o+]c12. The third-order valence-electron chi connectivity index (χ3n) is 5.49. The van der Waals surface area contributed by atoms with E-state index in [0.29, 0.717) is 46.2 Å². The number of benzene rings is 3. The van der Waals surface area contributed by atoms with Gasteiger partial charge in [0.1, 0.15) is 10.6 Å². The number of carbonyl (C=O) groups is 1. The highest BCUT2D eigenvalue weighted by atomic mass is 32.2. The van der Waals surface area contributed by atoms with Crippen molar-refractivity contribution in [1.82, 2.24) is 4.98 Å². The molecule has 0 radical (unpaired) electrons. The number of aromatic nitrogens is 1. The molecule has 0 atom stereocenters. The molecule has 3 N–H and O–H groups in total. The highest BCUT2D eigenvalue weighted by molar-refractivity contribution is 7.86. The lowest BCUT2D eigenvalue weighted by molar-refractivity contribution is -0.136. The Morgan fingerprint density at radius 2 is 1.76 bits per heavy atom. The Kier molecular flexibility index (Phi) is 6.05. The highest BCUT2D eigenvalue weighted by Crippen LogP contribution is 2.42. The zero-order valence-electron chi connectivity index (χ0n) is 18.2. The van der Waals surface area contributed by atoms with Crippen LogP contribution < -0.4 is 10.2 Å². The molecule has 0 saturated heterocycles. The summed E-state index contributed by atoms with van der Waals surface area (Å²) >= 11 is 0. The van der Waals surface area contributed by atoms with E-state index in [0.717, 1.165) is 0 Å². The minimum Gasteiger partial charge on any atom is -0.481 e. The van der Waals surface area contributed by atoms with E-state index >= 15 is 0 Å². The van der Waals surface area contributed by atoms with Crippen molar-refractivity contribution in [2.45, 2.75) is 25.2 Å². The summed E-state index contributed by atoms with van der Waals surface area (Å²) in [4.78, 5) is 17.3. The molecule has 172 valence electrons. The summed E-state index contributed by atoms with van der Waals surface area (Å²) in [6, 6.07) is 12.1. The number of aliphatic carboxylic acids is 1. The van der Waals surface area contributed by atoms with Gasteiger partial charge in [0.05, 0.1) is 6.42 Å². The lowest BCUT2D eigenvalue weighted by Crippen LogP contribution is -2.24. The smallest absolute Gasteiger partial charge is 0.404 e. The molecule has 0 aliphatic carbocycles. The van der Waals surface area contributed by atoms with Crippen molar-refractivity contribution in [1.29, 1.82) is 0 Å². The largest absolute Gasteiger partial charge is 0.481 e. The van der Waals surface area contributed by atoms with Crippen LogP contribution in [0.25, 0.3) is 33.0 Å². The number of rotatable bonds is 8. The van der Waals surface area contributed by atoms with Gasteiger partial charge >= 0.3 is 17.1 Å². The molecule has 3 aromatic carbocycles. The van der Waals surface area contributed by atoms with Crippen molar-refractivity contribution < 1.29 is 27.3 Å². The molecule has 0 fully saturated rings. The third-order valence-corrected chi connectivity index (χ3v) is 6.42. The maximum Gasteiger partial charge on any atom is 0.404 e. The van der Waals surface area contributed by atoms with Gasteiger partial charge in [-0.15, -0.1) is 0 Å². The number of nitrogens with one attached hydrogen (secondary N) is 1. The van der Waals surface area contributed by atoms with E-state index in [1.54, 1.807) is 47.4 Å². The van der Waals surface area contributed by atoms with Crippen molar-refractivity contribution in [2.75, 3.05) is 29.9 Å². The zero-order chi connectivity index (χ0) is 23.8. The molecule has 0 spiro atoms. The Bertz CT molecular complexity index is 1480. The number of nitrogens with zero attached hydrogens (tertiary/aromatic N) is 2. The van der Waals surface area contributed by atoms with E-state index in [-0.39, 0.29) is 29.1 Å². The van der Waals surface area contributed by atoms with E-state index in [1.807, 2.05) is 13.8 Å². The van der Waals surface area contributed by atoms with E-state index in [9.17, 15) is 17.8 Å². The number of hydrogen-bond donors (Lipinski definition) is 3. The van der Waals surface area contributed by atoms with Crippen molar-refractivity contribution >= 4 is 60.4 Å². The molecule has 9 nitrogen and oxygen atoms in total. The van der Waals surface area contributed by atoms with Crippen molar-refractivity contribution in [2.24, 2.45) is 0 Å². The van der Waals surface area contributed by atoms with E-state index in [4.69, 9.17) is 14.5 Å². The maximum absolute atomic E-state index is 12.6. The van der Waals surface area contributed by atoms with Crippen molar-refractivity contribution in [3.05, 3.63) is 42.5 Å². The fourth-order valence-electron chi connectivity index (χ4n) is 4.03. The molecule has 33 heavy (non-hydrogen) atoms. The first kappa shape index (κ1) is 22.7. The molecule has 0 saturated carbocycles. The van der Waals surface area contributed by atoms with Gasteiger partial charge in [-0.1, -0.05) is 30.3 Å². The molecule has 0 unspecified atom stereocenters. The minimum atomic E-state index is -4.61. The van der Waals surface area contributed by atoms with Gasteiger partial charge in [0, 0.05) is 30.4 Å². The summed E-state index contributed by atoms with van der Waals surface area (Å²) in [6.07, 6.45) is -0.0837. The fourth-order valence-corrected chi connectivity index (χ4v) is 4.96. The van der Waals surface area contributed by atoms with Crippen molar-refractivity contribution in [3.63, 3.8) is 0 Å². The average molecular weight is 471 g/mol. The van der Waals surface area contributed by atoms with Crippen LogP contribution in [0.2, 0.25) is 0 Å². The molecule has 4 aromatic rings. The van der Waals surface area contributed by atoms with Gasteiger partial charge in [-0.2, -0.15) is 12.8 Å². The van der Waals surface area contributed by atoms with Crippen LogP contribution in [-0.2, 0) is 14.9 Å². The van der Waals surface area contributed by atoms with Crippen LogP contribution in [0.3, 0.4) is 0 Å². The van der Waals surface area contributed by atoms with Gasteiger partial charge in [-0.05, 0) is 26.0 Å². The summed E-state index contributed by atoms with van der Waals surface area (Å²) in [7, 11) is -4.61. The lowest BCUT2D eigenvalue weighted by Gasteiger charge is -2.22. The predicted octanol–water partition coefficient (Wildman–Crippen LogP) is 4.39. The molecule has 1 heterocycles. The Balaban J connectivity index is 2.14. The number of anilines is 2. The lowest BCUT2D eigenvalue weighted by atomic mass is 10.1. The van der Waals surface area contributed by atoms with Crippen LogP contribution >= 0.6 is 0 Å². The second kappa shape index (κ2) is 8.80. The molecule has 0 bridgehead atoms. The van der Waals surface area contributed by atoms with Crippen LogP contribution in [0.4, 0.5) is 11.4 Å². The number of hydrogen-bond acceptors (Lipinski definition) is 6. The van der Waals surface area contributed by atoms with Crippen LogP contribution in [0.5, 0.6) is 0 Å². The first-order valence-corrected chi connectivity index (χ1v) is 12.0. The number of para-hydroxylation sites is 1. The molecular formula is C23H24N3O6S+. The molecule has 10 heteroatoms. The Morgan fingerprint density at radius 3 is 2.39 bits per heavy atom. The van der Waals surface area contributed by atoms with Gasteiger partial charge in [0.15, 0.2) is 16.7 Å². The summed E-state index contributed by atoms with van der Waals surface area (Å²) in [5, 5.41) is 12.9. The first-order valence-electron chi connectivity index (χ1n) is 10.6. The average Bonchev–Trinajstić information content (AvgIpc) is 2.78. The molecule has 0 aliphatic rings. The fraction of sp³-hybridized carbons (Fsp3) is 0.261. The molecular weight excluding hydrogens is 446 g/mol. The third kappa shape index (κ3) is 4.14. The predicted molar refractivity (Wildman–Crippen MR) is 128 cm³/mol. The Hall–Kier alpha value is -3.50. The quantitative estimate of drug-likeness (QED) is 0.148. The minimum absolute atomic E-state index is 0.0837. The zero-order valence-corrected chi connectivity index (χ0v) is 19.0. The van der Waals surface area contributed by atoms with Crippen LogP contribution in [0.1, 0.15) is 20.3 Å². The van der Waals surface area contributed by atoms with Gasteiger partial charge < -0.3 is 15.3 Å². The number of carboxylic acid groups (broad SMARTS) is 1. The van der Waals surface area contributed by atoms with Crippen LogP contribution in [-0.4, -0.2) is 48.7 Å². The first-order chi connectivity index (χ1) is 15.8. The normalized spacial score (nSPS) is 11.8. The van der Waals surface area contributed by atoms with Crippen LogP contribution in [0, 0.1) is 0 Å². The van der Waals surface area contributed by atoms with Crippen LogP contribution in [0.15, 0.2) is 51.8 Å².